The summed E-state index contributed by atoms with van der Waals surface area (Å²) in [5.41, 5.74) is 0.949. The molecule has 0 bridgehead atoms. The lowest BCUT2D eigenvalue weighted by atomic mass is 10.2. The molecule has 1 aromatic rings. The second-order valence-electron chi connectivity index (χ2n) is 4.40. The Morgan fingerprint density at radius 3 is 2.14 bits per heavy atom. The van der Waals surface area contributed by atoms with E-state index in [-0.39, 0.29) is 30.8 Å². The van der Waals surface area contributed by atoms with Gasteiger partial charge < -0.3 is 9.05 Å². The molecule has 1 rings (SSSR count). The lowest BCUT2D eigenvalue weighted by molar-refractivity contribution is 0.220. The van der Waals surface area contributed by atoms with E-state index in [2.05, 4.69) is 9.63 Å². The molecular formula is C13H21N2O5PS. The molecule has 0 radical (unpaired) electrons. The van der Waals surface area contributed by atoms with Crippen LogP contribution >= 0.6 is 7.60 Å². The van der Waals surface area contributed by atoms with Crippen LogP contribution in [0, 0.1) is 6.92 Å². The number of benzene rings is 1. The fraction of sp³-hybridized carbons (Fsp3) is 0.538. The van der Waals surface area contributed by atoms with Gasteiger partial charge in [-0.3, -0.25) is 4.57 Å². The standard InChI is InChI=1S/C13H21N2O5PS/c1-4-19-21(16,20-5-2)11-10-14-15-22(17,18)13-8-6-12(3)7-9-13/h6-9H,4-5,10-11H2,1-3H3. The van der Waals surface area contributed by atoms with Crippen LogP contribution in [0.1, 0.15) is 19.4 Å². The van der Waals surface area contributed by atoms with Gasteiger partial charge in [0.2, 0.25) is 0 Å². The van der Waals surface area contributed by atoms with Gasteiger partial charge in [-0.15, -0.1) is 0 Å². The van der Waals surface area contributed by atoms with Crippen molar-refractivity contribution in [3.63, 3.8) is 0 Å². The predicted octanol–water partition coefficient (Wildman–Crippen LogP) is 3.40. The average Bonchev–Trinajstić information content (AvgIpc) is 2.45. The SMILES string of the molecule is CCOP(=O)(CCN=NS(=O)(=O)c1ccc(C)cc1)OCC. The number of nitrogens with zero attached hydrogens (tertiary/aromatic N) is 2. The van der Waals surface area contributed by atoms with E-state index in [1.807, 2.05) is 6.92 Å². The molecule has 0 aliphatic heterocycles. The number of hydrogen-bond donors (Lipinski definition) is 0. The summed E-state index contributed by atoms with van der Waals surface area (Å²) >= 11 is 0. The van der Waals surface area contributed by atoms with Gasteiger partial charge in [0.15, 0.2) is 0 Å². The van der Waals surface area contributed by atoms with Crippen molar-refractivity contribution < 1.29 is 22.0 Å². The normalized spacial score (nSPS) is 12.9. The van der Waals surface area contributed by atoms with Crippen molar-refractivity contribution >= 4 is 17.6 Å². The molecule has 0 fully saturated rings. The first-order valence-electron chi connectivity index (χ1n) is 6.91. The van der Waals surface area contributed by atoms with E-state index in [0.29, 0.717) is 0 Å². The molecule has 0 aliphatic carbocycles. The maximum atomic E-state index is 12.1. The quantitative estimate of drug-likeness (QED) is 0.503. The molecule has 1 aromatic carbocycles. The van der Waals surface area contributed by atoms with Crippen molar-refractivity contribution in [1.82, 2.24) is 0 Å². The van der Waals surface area contributed by atoms with Crippen molar-refractivity contribution in [2.24, 2.45) is 9.63 Å². The van der Waals surface area contributed by atoms with Gasteiger partial charge in [0.05, 0.1) is 30.8 Å². The summed E-state index contributed by atoms with van der Waals surface area (Å²) in [6.07, 6.45) is -0.0123. The number of hydrogen-bond acceptors (Lipinski definition) is 6. The summed E-state index contributed by atoms with van der Waals surface area (Å²) in [5, 5.41) is 3.60. The summed E-state index contributed by atoms with van der Waals surface area (Å²) in [6, 6.07) is 6.30. The number of rotatable bonds is 9. The largest absolute Gasteiger partial charge is 0.332 e. The maximum Gasteiger partial charge on any atom is 0.332 e. The first-order valence-corrected chi connectivity index (χ1v) is 10.1. The molecule has 0 heterocycles. The van der Waals surface area contributed by atoms with Crippen LogP contribution in [0.4, 0.5) is 0 Å². The van der Waals surface area contributed by atoms with Crippen molar-refractivity contribution in [2.45, 2.75) is 25.7 Å². The average molecular weight is 348 g/mol. The summed E-state index contributed by atoms with van der Waals surface area (Å²) < 4.78 is 49.5. The number of sulfonamides is 1. The lowest BCUT2D eigenvalue weighted by Crippen LogP contribution is -2.03. The van der Waals surface area contributed by atoms with Crippen LogP contribution in [0.15, 0.2) is 38.8 Å². The van der Waals surface area contributed by atoms with E-state index in [9.17, 15) is 13.0 Å². The van der Waals surface area contributed by atoms with Gasteiger partial charge in [0, 0.05) is 0 Å². The highest BCUT2D eigenvalue weighted by Crippen LogP contribution is 2.47. The Morgan fingerprint density at radius 2 is 1.64 bits per heavy atom. The highest BCUT2D eigenvalue weighted by Gasteiger charge is 2.23. The zero-order chi connectivity index (χ0) is 16.6. The third-order valence-corrected chi connectivity index (χ3v) is 5.86. The van der Waals surface area contributed by atoms with Crippen LogP contribution in [0.2, 0.25) is 0 Å². The van der Waals surface area contributed by atoms with Gasteiger partial charge in [-0.05, 0) is 32.9 Å². The molecule has 0 saturated heterocycles. The Morgan fingerprint density at radius 1 is 1.09 bits per heavy atom. The van der Waals surface area contributed by atoms with E-state index in [0.717, 1.165) is 5.56 Å². The van der Waals surface area contributed by atoms with Crippen LogP contribution in [-0.4, -0.2) is 34.3 Å². The Bertz CT molecular complexity index is 633. The highest BCUT2D eigenvalue weighted by atomic mass is 32.2. The van der Waals surface area contributed by atoms with Crippen LogP contribution in [0.3, 0.4) is 0 Å². The summed E-state index contributed by atoms with van der Waals surface area (Å²) in [4.78, 5) is 0.0691. The molecule has 0 aromatic heterocycles. The fourth-order valence-electron chi connectivity index (χ4n) is 1.60. The van der Waals surface area contributed by atoms with Crippen molar-refractivity contribution in [3.05, 3.63) is 29.8 Å². The minimum Gasteiger partial charge on any atom is -0.309 e. The molecule has 9 heteroatoms. The topological polar surface area (TPSA) is 94.4 Å². The molecule has 0 spiro atoms. The molecule has 0 amide bonds. The van der Waals surface area contributed by atoms with Gasteiger partial charge in [0.1, 0.15) is 0 Å². The van der Waals surface area contributed by atoms with E-state index in [1.165, 1.54) is 12.1 Å². The smallest absolute Gasteiger partial charge is 0.309 e. The molecule has 0 atom stereocenters. The summed E-state index contributed by atoms with van der Waals surface area (Å²) in [7, 11) is -7.06. The molecule has 0 saturated carbocycles. The minimum absolute atomic E-state index is 0.0123. The Kier molecular flexibility index (Phi) is 7.35. The maximum absolute atomic E-state index is 12.1. The minimum atomic E-state index is -3.83. The third-order valence-electron chi connectivity index (χ3n) is 2.61. The Hall–Kier alpha value is -1.08. The molecule has 7 nitrogen and oxygen atoms in total. The zero-order valence-corrected chi connectivity index (χ0v) is 14.6. The first-order chi connectivity index (χ1) is 10.3. The van der Waals surface area contributed by atoms with Crippen LogP contribution in [0.5, 0.6) is 0 Å². The Labute approximate surface area is 131 Å². The molecule has 0 N–H and O–H groups in total. The number of aryl methyl sites for hydroxylation is 1. The van der Waals surface area contributed by atoms with E-state index in [1.54, 1.807) is 26.0 Å². The molecule has 22 heavy (non-hydrogen) atoms. The van der Waals surface area contributed by atoms with Gasteiger partial charge in [-0.2, -0.15) is 13.5 Å². The van der Waals surface area contributed by atoms with Crippen LogP contribution < -0.4 is 0 Å². The Balaban J connectivity index is 2.68. The van der Waals surface area contributed by atoms with Crippen LogP contribution in [0.25, 0.3) is 0 Å². The zero-order valence-electron chi connectivity index (χ0n) is 12.9. The van der Waals surface area contributed by atoms with Gasteiger partial charge in [0.25, 0.3) is 10.0 Å². The molecule has 0 aliphatic rings. The highest BCUT2D eigenvalue weighted by molar-refractivity contribution is 7.90. The molecule has 0 unspecified atom stereocenters. The second kappa shape index (κ2) is 8.53. The van der Waals surface area contributed by atoms with Crippen LogP contribution in [-0.2, 0) is 23.6 Å². The lowest BCUT2D eigenvalue weighted by Gasteiger charge is -2.15. The van der Waals surface area contributed by atoms with Gasteiger partial charge >= 0.3 is 7.60 Å². The third kappa shape index (κ3) is 5.96. The van der Waals surface area contributed by atoms with Crippen molar-refractivity contribution in [1.29, 1.82) is 0 Å². The van der Waals surface area contributed by atoms with Gasteiger partial charge in [-0.25, -0.2) is 0 Å². The summed E-state index contributed by atoms with van der Waals surface area (Å²) in [6.45, 7) is 5.70. The van der Waals surface area contributed by atoms with Gasteiger partial charge in [-0.1, -0.05) is 22.2 Å². The first kappa shape index (κ1) is 19.0. The fourth-order valence-corrected chi connectivity index (χ4v) is 3.86. The van der Waals surface area contributed by atoms with Crippen molar-refractivity contribution in [3.8, 4) is 0 Å². The van der Waals surface area contributed by atoms with Crippen molar-refractivity contribution in [2.75, 3.05) is 25.9 Å². The molecule has 124 valence electrons. The predicted molar refractivity (Wildman–Crippen MR) is 83.8 cm³/mol. The summed E-state index contributed by atoms with van der Waals surface area (Å²) in [5.74, 6) is 0. The van der Waals surface area contributed by atoms with E-state index >= 15 is 0 Å². The molecular weight excluding hydrogens is 327 g/mol. The second-order valence-corrected chi connectivity index (χ2v) is 8.18. The monoisotopic (exact) mass is 348 g/mol. The van der Waals surface area contributed by atoms with E-state index in [4.69, 9.17) is 9.05 Å². The van der Waals surface area contributed by atoms with E-state index < -0.39 is 17.6 Å².